The second-order valence-electron chi connectivity index (χ2n) is 5.46. The van der Waals surface area contributed by atoms with E-state index in [1.54, 1.807) is 24.3 Å². The molecule has 1 aromatic rings. The van der Waals surface area contributed by atoms with Crippen LogP contribution in [0.1, 0.15) is 42.5 Å². The highest BCUT2D eigenvalue weighted by molar-refractivity contribution is 8.15. The van der Waals surface area contributed by atoms with Crippen LogP contribution in [-0.2, 0) is 0 Å². The topological polar surface area (TPSA) is 41.8 Å². The number of hydrogen-bond donors (Lipinski definition) is 0. The van der Waals surface area contributed by atoms with Gasteiger partial charge in [-0.1, -0.05) is 18.0 Å². The first-order valence-corrected chi connectivity index (χ1v) is 8.78. The fourth-order valence-electron chi connectivity index (χ4n) is 2.89. The molecule has 0 radical (unpaired) electrons. The minimum Gasteiger partial charge on any atom is -0.287 e. The maximum absolute atomic E-state index is 12.7. The lowest BCUT2D eigenvalue weighted by Gasteiger charge is -2.27. The molecule has 3 nitrogen and oxygen atoms in total. The molecule has 3 rings (SSSR count). The third-order valence-electron chi connectivity index (χ3n) is 4.00. The van der Waals surface area contributed by atoms with Crippen LogP contribution in [0.15, 0.2) is 34.3 Å². The molecule has 110 valence electrons. The number of Topliss-reactive ketones (excluding diaryl/α,β-unsaturated/α-hetero) is 1. The van der Waals surface area contributed by atoms with Crippen molar-refractivity contribution in [2.24, 2.45) is 9.98 Å². The minimum absolute atomic E-state index is 0.0535. The van der Waals surface area contributed by atoms with Gasteiger partial charge in [-0.25, -0.2) is 9.98 Å². The zero-order valence-corrected chi connectivity index (χ0v) is 13.5. The summed E-state index contributed by atoms with van der Waals surface area (Å²) in [7, 11) is 0. The van der Waals surface area contributed by atoms with Crippen LogP contribution >= 0.6 is 23.4 Å². The smallest absolute Gasteiger partial charge is 0.213 e. The molecule has 1 aliphatic carbocycles. The van der Waals surface area contributed by atoms with Gasteiger partial charge in [0.15, 0.2) is 5.66 Å². The first kappa shape index (κ1) is 14.8. The van der Waals surface area contributed by atoms with E-state index in [9.17, 15) is 4.79 Å². The maximum Gasteiger partial charge on any atom is 0.213 e. The number of thioether (sulfide) groups is 1. The van der Waals surface area contributed by atoms with Crippen LogP contribution in [0.4, 0.5) is 0 Å². The number of halogens is 1. The van der Waals surface area contributed by atoms with Gasteiger partial charge in [-0.3, -0.25) is 4.79 Å². The zero-order valence-electron chi connectivity index (χ0n) is 11.9. The first-order chi connectivity index (χ1) is 10.1. The second-order valence-corrected chi connectivity index (χ2v) is 6.69. The summed E-state index contributed by atoms with van der Waals surface area (Å²) in [6, 6.07) is 6.96. The van der Waals surface area contributed by atoms with Gasteiger partial charge in [0.1, 0.15) is 10.8 Å². The molecule has 1 spiro atoms. The predicted molar refractivity (Wildman–Crippen MR) is 90.0 cm³/mol. The number of aliphatic imine (C=N–C) groups is 2. The summed E-state index contributed by atoms with van der Waals surface area (Å²) < 4.78 is 0. The van der Waals surface area contributed by atoms with Crippen molar-refractivity contribution in [1.82, 2.24) is 0 Å². The van der Waals surface area contributed by atoms with E-state index in [4.69, 9.17) is 21.6 Å². The van der Waals surface area contributed by atoms with Crippen LogP contribution in [-0.4, -0.2) is 28.5 Å². The first-order valence-electron chi connectivity index (χ1n) is 7.18. The molecule has 0 aromatic heterocycles. The average molecular weight is 321 g/mol. The van der Waals surface area contributed by atoms with Crippen molar-refractivity contribution in [2.45, 2.75) is 37.8 Å². The Labute approximate surface area is 133 Å². The normalized spacial score (nSPS) is 20.3. The summed E-state index contributed by atoms with van der Waals surface area (Å²) >= 11 is 7.39. The lowest BCUT2D eigenvalue weighted by Crippen LogP contribution is -2.25. The summed E-state index contributed by atoms with van der Waals surface area (Å²) in [5.74, 6) is -0.0535. The van der Waals surface area contributed by atoms with Crippen LogP contribution in [0.25, 0.3) is 0 Å². The molecule has 0 unspecified atom stereocenters. The standard InChI is InChI=1S/C16H17ClN2OS/c1-21-15-13(14(20)11-5-7-12(17)8-6-11)18-16(19-15)9-3-2-4-10-16/h5-8H,2-4,9-10H2,1H3. The van der Waals surface area contributed by atoms with E-state index in [1.807, 2.05) is 6.26 Å². The SMILES string of the molecule is CSC1=NC2(CCCCC2)N=C1C(=O)c1ccc(Cl)cc1. The summed E-state index contributed by atoms with van der Waals surface area (Å²) in [4.78, 5) is 22.2. The molecular weight excluding hydrogens is 304 g/mol. The van der Waals surface area contributed by atoms with Gasteiger partial charge < -0.3 is 0 Å². The molecule has 0 amide bonds. The molecule has 1 saturated carbocycles. The van der Waals surface area contributed by atoms with Gasteiger partial charge in [0.2, 0.25) is 5.78 Å². The zero-order chi connectivity index (χ0) is 14.9. The highest BCUT2D eigenvalue weighted by Crippen LogP contribution is 2.37. The molecule has 1 aliphatic heterocycles. The third-order valence-corrected chi connectivity index (χ3v) is 4.92. The Morgan fingerprint density at radius 1 is 1.14 bits per heavy atom. The van der Waals surface area contributed by atoms with Gasteiger partial charge in [0.05, 0.1) is 0 Å². The Bertz CT molecular complexity index is 616. The van der Waals surface area contributed by atoms with Crippen molar-refractivity contribution in [3.8, 4) is 0 Å². The van der Waals surface area contributed by atoms with E-state index in [0.29, 0.717) is 16.3 Å². The van der Waals surface area contributed by atoms with Gasteiger partial charge >= 0.3 is 0 Å². The van der Waals surface area contributed by atoms with Crippen molar-refractivity contribution in [2.75, 3.05) is 6.26 Å². The Balaban J connectivity index is 1.93. The number of carbonyl (C=O) groups excluding carboxylic acids is 1. The van der Waals surface area contributed by atoms with Crippen LogP contribution in [0, 0.1) is 0 Å². The molecule has 2 aliphatic rings. The predicted octanol–water partition coefficient (Wildman–Crippen LogP) is 4.40. The number of rotatable bonds is 2. The number of benzene rings is 1. The van der Waals surface area contributed by atoms with E-state index >= 15 is 0 Å². The quantitative estimate of drug-likeness (QED) is 0.758. The molecule has 1 heterocycles. The fourth-order valence-corrected chi connectivity index (χ4v) is 3.61. The van der Waals surface area contributed by atoms with Gasteiger partial charge in [-0.05, 0) is 56.2 Å². The fraction of sp³-hybridized carbons (Fsp3) is 0.438. The molecule has 21 heavy (non-hydrogen) atoms. The lowest BCUT2D eigenvalue weighted by atomic mass is 9.90. The summed E-state index contributed by atoms with van der Waals surface area (Å²) in [6.45, 7) is 0. The van der Waals surface area contributed by atoms with Crippen LogP contribution in [0.3, 0.4) is 0 Å². The van der Waals surface area contributed by atoms with E-state index < -0.39 is 0 Å². The lowest BCUT2D eigenvalue weighted by molar-refractivity contribution is 0.106. The average Bonchev–Trinajstić information content (AvgIpc) is 2.86. The summed E-state index contributed by atoms with van der Waals surface area (Å²) in [6.07, 6.45) is 7.37. The maximum atomic E-state index is 12.7. The molecular formula is C16H17ClN2OS. The highest BCUT2D eigenvalue weighted by atomic mass is 35.5. The monoisotopic (exact) mass is 320 g/mol. The number of nitrogens with zero attached hydrogens (tertiary/aromatic N) is 2. The molecule has 0 saturated heterocycles. The minimum atomic E-state index is -0.367. The van der Waals surface area contributed by atoms with E-state index in [1.165, 1.54) is 18.2 Å². The molecule has 5 heteroatoms. The van der Waals surface area contributed by atoms with Gasteiger partial charge in [0.25, 0.3) is 0 Å². The van der Waals surface area contributed by atoms with Crippen LogP contribution in [0.5, 0.6) is 0 Å². The van der Waals surface area contributed by atoms with E-state index in [0.717, 1.165) is 30.7 Å². The summed E-state index contributed by atoms with van der Waals surface area (Å²) in [5, 5.41) is 1.40. The molecule has 0 N–H and O–H groups in total. The van der Waals surface area contributed by atoms with E-state index in [2.05, 4.69) is 0 Å². The van der Waals surface area contributed by atoms with Crippen molar-refractivity contribution < 1.29 is 4.79 Å². The number of carbonyl (C=O) groups is 1. The number of ketones is 1. The highest BCUT2D eigenvalue weighted by Gasteiger charge is 2.39. The van der Waals surface area contributed by atoms with Crippen molar-refractivity contribution in [3.63, 3.8) is 0 Å². The van der Waals surface area contributed by atoms with Crippen molar-refractivity contribution >= 4 is 39.9 Å². The largest absolute Gasteiger partial charge is 0.287 e. The molecule has 0 bridgehead atoms. The van der Waals surface area contributed by atoms with Gasteiger partial charge in [-0.15, -0.1) is 11.8 Å². The van der Waals surface area contributed by atoms with Crippen LogP contribution < -0.4 is 0 Å². The molecule has 0 atom stereocenters. The Kier molecular flexibility index (Phi) is 4.18. The summed E-state index contributed by atoms with van der Waals surface area (Å²) in [5.41, 5.74) is 0.771. The Hall–Kier alpha value is -1.13. The van der Waals surface area contributed by atoms with Gasteiger partial charge in [-0.2, -0.15) is 0 Å². The van der Waals surface area contributed by atoms with E-state index in [-0.39, 0.29) is 11.4 Å². The molecule has 1 aromatic carbocycles. The third kappa shape index (κ3) is 2.92. The van der Waals surface area contributed by atoms with Crippen molar-refractivity contribution in [1.29, 1.82) is 0 Å². The number of hydrogen-bond acceptors (Lipinski definition) is 4. The van der Waals surface area contributed by atoms with Crippen molar-refractivity contribution in [3.05, 3.63) is 34.9 Å². The Morgan fingerprint density at radius 2 is 1.81 bits per heavy atom. The van der Waals surface area contributed by atoms with Gasteiger partial charge in [0, 0.05) is 10.6 Å². The van der Waals surface area contributed by atoms with Crippen LogP contribution in [0.2, 0.25) is 5.02 Å². The Morgan fingerprint density at radius 3 is 2.43 bits per heavy atom. The molecule has 1 fully saturated rings. The second kappa shape index (κ2) is 5.93.